The van der Waals surface area contributed by atoms with Crippen molar-refractivity contribution in [3.8, 4) is 0 Å². The summed E-state index contributed by atoms with van der Waals surface area (Å²) in [6.45, 7) is 9.41. The van der Waals surface area contributed by atoms with E-state index in [4.69, 9.17) is 5.73 Å². The van der Waals surface area contributed by atoms with E-state index in [1.165, 1.54) is 0 Å². The predicted molar refractivity (Wildman–Crippen MR) is 83.5 cm³/mol. The van der Waals surface area contributed by atoms with Gasteiger partial charge >= 0.3 is 0 Å². The number of carbonyl (C=O) groups excluding carboxylic acids is 1. The molecule has 1 amide bonds. The maximum absolute atomic E-state index is 12.0. The van der Waals surface area contributed by atoms with Crippen molar-refractivity contribution in [1.82, 2.24) is 10.2 Å². The maximum Gasteiger partial charge on any atom is 0.234 e. The zero-order valence-corrected chi connectivity index (χ0v) is 13.6. The van der Waals surface area contributed by atoms with Crippen molar-refractivity contribution >= 4 is 17.7 Å². The SMILES string of the molecule is CCC(C)(C)NC(=O)CN1CCC(CN)(SC)CC1. The number of amides is 1. The molecule has 0 saturated carbocycles. The quantitative estimate of drug-likeness (QED) is 0.776. The number of nitrogens with two attached hydrogens (primary N) is 1. The maximum atomic E-state index is 12.0. The second-order valence-electron chi connectivity index (χ2n) is 6.15. The van der Waals surface area contributed by atoms with E-state index >= 15 is 0 Å². The monoisotopic (exact) mass is 287 g/mol. The van der Waals surface area contributed by atoms with Gasteiger partial charge in [0.2, 0.25) is 5.91 Å². The molecule has 0 aromatic carbocycles. The third-order valence-electron chi connectivity index (χ3n) is 4.30. The van der Waals surface area contributed by atoms with E-state index in [0.717, 1.165) is 38.9 Å². The van der Waals surface area contributed by atoms with Crippen LogP contribution in [0, 0.1) is 0 Å². The molecule has 112 valence electrons. The zero-order chi connectivity index (χ0) is 14.5. The number of hydrogen-bond donors (Lipinski definition) is 2. The lowest BCUT2D eigenvalue weighted by Crippen LogP contribution is -2.51. The van der Waals surface area contributed by atoms with Gasteiger partial charge in [-0.15, -0.1) is 0 Å². The van der Waals surface area contributed by atoms with Crippen molar-refractivity contribution in [1.29, 1.82) is 0 Å². The fraction of sp³-hybridized carbons (Fsp3) is 0.929. The lowest BCUT2D eigenvalue weighted by molar-refractivity contribution is -0.124. The molecule has 3 N–H and O–H groups in total. The summed E-state index contributed by atoms with van der Waals surface area (Å²) in [6, 6.07) is 0. The summed E-state index contributed by atoms with van der Waals surface area (Å²) < 4.78 is 0.232. The molecule has 0 aliphatic carbocycles. The fourth-order valence-corrected chi connectivity index (χ4v) is 3.08. The summed E-state index contributed by atoms with van der Waals surface area (Å²) in [5, 5.41) is 3.09. The molecule has 19 heavy (non-hydrogen) atoms. The molecule has 1 saturated heterocycles. The predicted octanol–water partition coefficient (Wildman–Crippen LogP) is 1.45. The molecular weight excluding hydrogens is 258 g/mol. The van der Waals surface area contributed by atoms with E-state index in [2.05, 4.69) is 37.2 Å². The molecule has 0 bridgehead atoms. The van der Waals surface area contributed by atoms with Gasteiger partial charge in [-0.25, -0.2) is 0 Å². The smallest absolute Gasteiger partial charge is 0.234 e. The lowest BCUT2D eigenvalue weighted by Gasteiger charge is -2.40. The summed E-state index contributed by atoms with van der Waals surface area (Å²) in [7, 11) is 0. The van der Waals surface area contributed by atoms with Gasteiger partial charge in [-0.1, -0.05) is 6.92 Å². The average molecular weight is 287 g/mol. The molecule has 1 fully saturated rings. The van der Waals surface area contributed by atoms with Crippen LogP contribution in [0.15, 0.2) is 0 Å². The highest BCUT2D eigenvalue weighted by molar-refractivity contribution is 8.00. The van der Waals surface area contributed by atoms with Crippen LogP contribution in [0.2, 0.25) is 0 Å². The number of thioether (sulfide) groups is 1. The Balaban J connectivity index is 2.39. The van der Waals surface area contributed by atoms with Gasteiger partial charge in [0.15, 0.2) is 0 Å². The number of rotatable bonds is 6. The Bertz CT molecular complexity index is 293. The van der Waals surface area contributed by atoms with Crippen molar-refractivity contribution in [2.24, 2.45) is 5.73 Å². The molecule has 0 atom stereocenters. The Morgan fingerprint density at radius 2 is 2.00 bits per heavy atom. The highest BCUT2D eigenvalue weighted by Crippen LogP contribution is 2.33. The van der Waals surface area contributed by atoms with E-state index < -0.39 is 0 Å². The number of likely N-dealkylation sites (tertiary alicyclic amines) is 1. The average Bonchev–Trinajstić information content (AvgIpc) is 2.39. The van der Waals surface area contributed by atoms with Crippen molar-refractivity contribution in [2.45, 2.75) is 50.3 Å². The number of hydrogen-bond acceptors (Lipinski definition) is 4. The Hall–Kier alpha value is -0.260. The van der Waals surface area contributed by atoms with Gasteiger partial charge in [0.05, 0.1) is 6.54 Å². The van der Waals surface area contributed by atoms with Crippen LogP contribution >= 0.6 is 11.8 Å². The van der Waals surface area contributed by atoms with Gasteiger partial charge < -0.3 is 11.1 Å². The second kappa shape index (κ2) is 6.95. The first kappa shape index (κ1) is 16.8. The summed E-state index contributed by atoms with van der Waals surface area (Å²) in [6.07, 6.45) is 5.24. The Morgan fingerprint density at radius 1 is 1.42 bits per heavy atom. The summed E-state index contributed by atoms with van der Waals surface area (Å²) in [5.74, 6) is 0.135. The van der Waals surface area contributed by atoms with Crippen LogP contribution < -0.4 is 11.1 Å². The second-order valence-corrected chi connectivity index (χ2v) is 7.43. The van der Waals surface area contributed by atoms with Crippen LogP contribution in [-0.2, 0) is 4.79 Å². The fourth-order valence-electron chi connectivity index (χ4n) is 2.32. The summed E-state index contributed by atoms with van der Waals surface area (Å²) >= 11 is 1.88. The first-order chi connectivity index (χ1) is 8.86. The van der Waals surface area contributed by atoms with Gasteiger partial charge in [0.1, 0.15) is 0 Å². The molecule has 1 aliphatic rings. The molecule has 0 unspecified atom stereocenters. The minimum Gasteiger partial charge on any atom is -0.350 e. The van der Waals surface area contributed by atoms with Gasteiger partial charge in [-0.3, -0.25) is 9.69 Å². The topological polar surface area (TPSA) is 58.4 Å². The molecular formula is C14H29N3OS. The highest BCUT2D eigenvalue weighted by Gasteiger charge is 2.33. The van der Waals surface area contributed by atoms with Crippen molar-refractivity contribution < 1.29 is 4.79 Å². The van der Waals surface area contributed by atoms with E-state index in [-0.39, 0.29) is 16.2 Å². The molecule has 1 aliphatic heterocycles. The van der Waals surface area contributed by atoms with Crippen molar-refractivity contribution in [3.63, 3.8) is 0 Å². The molecule has 4 nitrogen and oxygen atoms in total. The highest BCUT2D eigenvalue weighted by atomic mass is 32.2. The lowest BCUT2D eigenvalue weighted by atomic mass is 9.95. The molecule has 0 spiro atoms. The normalized spacial score (nSPS) is 20.3. The van der Waals surface area contributed by atoms with Crippen LogP contribution in [0.1, 0.15) is 40.0 Å². The zero-order valence-electron chi connectivity index (χ0n) is 12.8. The van der Waals surface area contributed by atoms with Crippen LogP contribution in [0.3, 0.4) is 0 Å². The van der Waals surface area contributed by atoms with Crippen LogP contribution in [-0.4, -0.2) is 53.5 Å². The van der Waals surface area contributed by atoms with Gasteiger partial charge in [-0.2, -0.15) is 11.8 Å². The Kier molecular flexibility index (Phi) is 6.15. The van der Waals surface area contributed by atoms with Crippen LogP contribution in [0.25, 0.3) is 0 Å². The minimum atomic E-state index is -0.104. The number of carbonyl (C=O) groups is 1. The van der Waals surface area contributed by atoms with Gasteiger partial charge in [0.25, 0.3) is 0 Å². The van der Waals surface area contributed by atoms with Crippen molar-refractivity contribution in [2.75, 3.05) is 32.4 Å². The van der Waals surface area contributed by atoms with E-state index in [1.54, 1.807) is 0 Å². The Labute approximate surface area is 121 Å². The largest absolute Gasteiger partial charge is 0.350 e. The summed E-state index contributed by atoms with van der Waals surface area (Å²) in [5.41, 5.74) is 5.77. The van der Waals surface area contributed by atoms with Gasteiger partial charge in [0, 0.05) is 29.9 Å². The Morgan fingerprint density at radius 3 is 2.42 bits per heavy atom. The van der Waals surface area contributed by atoms with E-state index in [0.29, 0.717) is 6.54 Å². The van der Waals surface area contributed by atoms with E-state index in [9.17, 15) is 4.79 Å². The number of piperidine rings is 1. The van der Waals surface area contributed by atoms with Crippen molar-refractivity contribution in [3.05, 3.63) is 0 Å². The molecule has 0 aromatic heterocycles. The minimum absolute atomic E-state index is 0.104. The molecule has 1 heterocycles. The van der Waals surface area contributed by atoms with Crippen LogP contribution in [0.5, 0.6) is 0 Å². The number of nitrogens with one attached hydrogen (secondary N) is 1. The third-order valence-corrected chi connectivity index (χ3v) is 5.74. The van der Waals surface area contributed by atoms with E-state index in [1.807, 2.05) is 11.8 Å². The third kappa shape index (κ3) is 4.97. The van der Waals surface area contributed by atoms with Crippen LogP contribution in [0.4, 0.5) is 0 Å². The first-order valence-corrected chi connectivity index (χ1v) is 8.37. The standard InChI is InChI=1S/C14H29N3OS/c1-5-13(2,3)16-12(18)10-17-8-6-14(11-15,19-4)7-9-17/h5-11,15H2,1-4H3,(H,16,18). The molecule has 0 radical (unpaired) electrons. The molecule has 1 rings (SSSR count). The number of nitrogens with zero attached hydrogens (tertiary/aromatic N) is 1. The molecule has 5 heteroatoms. The molecule has 0 aromatic rings. The summed E-state index contributed by atoms with van der Waals surface area (Å²) in [4.78, 5) is 14.2. The first-order valence-electron chi connectivity index (χ1n) is 7.15. The van der Waals surface area contributed by atoms with Gasteiger partial charge in [-0.05, 0) is 39.4 Å².